The van der Waals surface area contributed by atoms with E-state index >= 15 is 0 Å². The molecule has 2 heterocycles. The molecule has 0 aliphatic carbocycles. The minimum absolute atomic E-state index is 0.0520. The second-order valence-electron chi connectivity index (χ2n) is 9.84. The van der Waals surface area contributed by atoms with Crippen LogP contribution in [0.3, 0.4) is 0 Å². The summed E-state index contributed by atoms with van der Waals surface area (Å²) < 4.78 is 58.9. The van der Waals surface area contributed by atoms with E-state index in [9.17, 15) is 22.4 Å². The molecule has 0 radical (unpaired) electrons. The number of anilines is 1. The van der Waals surface area contributed by atoms with Crippen LogP contribution in [0.2, 0.25) is 0 Å². The molecule has 5 nitrogen and oxygen atoms in total. The number of hydrogen-bond donors (Lipinski definition) is 1. The molecular formula is C29H27BrF4N4O. The lowest BCUT2D eigenvalue weighted by molar-refractivity contribution is -0.114. The van der Waals surface area contributed by atoms with Crippen molar-refractivity contribution < 1.29 is 22.4 Å². The molecule has 10 heteroatoms. The van der Waals surface area contributed by atoms with Crippen LogP contribution in [-0.2, 0) is 11.3 Å². The van der Waals surface area contributed by atoms with Gasteiger partial charge in [-0.05, 0) is 86.8 Å². The monoisotopic (exact) mass is 602 g/mol. The number of carbonyl (C=O) groups is 1. The molecule has 1 aromatic heterocycles. The lowest BCUT2D eigenvalue weighted by Gasteiger charge is -2.32. The van der Waals surface area contributed by atoms with Gasteiger partial charge in [0, 0.05) is 23.6 Å². The third-order valence-corrected chi connectivity index (χ3v) is 7.67. The van der Waals surface area contributed by atoms with Gasteiger partial charge in [0.1, 0.15) is 5.82 Å². The fourth-order valence-corrected chi connectivity index (χ4v) is 5.63. The molecule has 3 aromatic carbocycles. The smallest absolute Gasteiger partial charge is 0.221 e. The summed E-state index contributed by atoms with van der Waals surface area (Å²) in [5, 5.41) is 2.84. The van der Waals surface area contributed by atoms with Gasteiger partial charge in [0.2, 0.25) is 5.91 Å². The Balaban J connectivity index is 1.29. The maximum Gasteiger partial charge on any atom is 0.221 e. The number of aryl methyl sites for hydroxylation is 1. The summed E-state index contributed by atoms with van der Waals surface area (Å²) in [7, 11) is 0. The number of imidazole rings is 1. The average molecular weight is 603 g/mol. The lowest BCUT2D eigenvalue weighted by atomic mass is 9.89. The molecule has 0 unspecified atom stereocenters. The van der Waals surface area contributed by atoms with Crippen LogP contribution in [0.1, 0.15) is 37.7 Å². The van der Waals surface area contributed by atoms with Crippen molar-refractivity contribution in [2.45, 2.75) is 38.6 Å². The van der Waals surface area contributed by atoms with E-state index in [-0.39, 0.29) is 11.7 Å². The van der Waals surface area contributed by atoms with E-state index in [1.807, 2.05) is 24.3 Å². The number of piperidine rings is 1. The average Bonchev–Trinajstić information content (AvgIpc) is 3.27. The highest BCUT2D eigenvalue weighted by atomic mass is 79.9. The Morgan fingerprint density at radius 2 is 1.77 bits per heavy atom. The Hall–Kier alpha value is -3.24. The van der Waals surface area contributed by atoms with Gasteiger partial charge in [-0.2, -0.15) is 0 Å². The second kappa shape index (κ2) is 11.5. The Labute approximate surface area is 232 Å². The number of hydrogen-bond acceptors (Lipinski definition) is 3. The summed E-state index contributed by atoms with van der Waals surface area (Å²) >= 11 is 3.44. The van der Waals surface area contributed by atoms with Crippen molar-refractivity contribution in [2.24, 2.45) is 0 Å². The molecule has 1 aliphatic heterocycles. The number of benzene rings is 3. The second-order valence-corrected chi connectivity index (χ2v) is 10.8. The zero-order chi connectivity index (χ0) is 27.7. The van der Waals surface area contributed by atoms with Crippen LogP contribution in [0.25, 0.3) is 22.4 Å². The standard InChI is InChI=1S/C29H27BrF4N4O/c1-17(39)35-21-5-2-4-19(14-21)18-8-12-37(13-9-18)10-3-11-38-25-15-20(30)6-7-24(25)36-29(38)22-16-23(31)27(33)28(34)26(22)32/h2,4-7,14-16,18H,3,8-13H2,1H3,(H,35,39). The van der Waals surface area contributed by atoms with Gasteiger partial charge >= 0.3 is 0 Å². The summed E-state index contributed by atoms with van der Waals surface area (Å²) in [6.07, 6.45) is 2.66. The predicted octanol–water partition coefficient (Wildman–Crippen LogP) is 7.25. The number of nitrogens with zero attached hydrogens (tertiary/aromatic N) is 3. The highest BCUT2D eigenvalue weighted by Crippen LogP contribution is 2.33. The number of fused-ring (bicyclic) bond motifs is 1. The van der Waals surface area contributed by atoms with Crippen molar-refractivity contribution in [1.82, 2.24) is 14.5 Å². The van der Waals surface area contributed by atoms with E-state index in [1.54, 1.807) is 16.7 Å². The SMILES string of the molecule is CC(=O)Nc1cccc(C2CCN(CCCn3c(-c4cc(F)c(F)c(F)c4F)nc4ccc(Br)cc43)CC2)c1. The van der Waals surface area contributed by atoms with E-state index in [0.717, 1.165) is 42.6 Å². The fourth-order valence-electron chi connectivity index (χ4n) is 5.28. The molecule has 0 bridgehead atoms. The molecular weight excluding hydrogens is 576 g/mol. The number of rotatable bonds is 7. The van der Waals surface area contributed by atoms with Crippen LogP contribution < -0.4 is 5.32 Å². The van der Waals surface area contributed by atoms with Crippen LogP contribution in [0, 0.1) is 23.3 Å². The number of nitrogens with one attached hydrogen (secondary N) is 1. The van der Waals surface area contributed by atoms with Crippen molar-refractivity contribution >= 4 is 38.6 Å². The number of amides is 1. The summed E-state index contributed by atoms with van der Waals surface area (Å²) in [5.41, 5.74) is 2.82. The van der Waals surface area contributed by atoms with Crippen molar-refractivity contribution in [3.63, 3.8) is 0 Å². The maximum atomic E-state index is 14.7. The Morgan fingerprint density at radius 3 is 2.51 bits per heavy atom. The maximum absolute atomic E-state index is 14.7. The van der Waals surface area contributed by atoms with Crippen LogP contribution in [0.5, 0.6) is 0 Å². The van der Waals surface area contributed by atoms with E-state index in [0.29, 0.717) is 36.0 Å². The van der Waals surface area contributed by atoms with Crippen LogP contribution in [0.15, 0.2) is 53.0 Å². The fraction of sp³-hybridized carbons (Fsp3) is 0.310. The van der Waals surface area contributed by atoms with Crippen LogP contribution >= 0.6 is 15.9 Å². The van der Waals surface area contributed by atoms with E-state index in [4.69, 9.17) is 0 Å². The molecule has 1 N–H and O–H groups in total. The molecule has 1 fully saturated rings. The van der Waals surface area contributed by atoms with E-state index in [1.165, 1.54) is 12.5 Å². The van der Waals surface area contributed by atoms with Gasteiger partial charge in [0.25, 0.3) is 0 Å². The molecule has 204 valence electrons. The van der Waals surface area contributed by atoms with Crippen molar-refractivity contribution in [2.75, 3.05) is 25.0 Å². The van der Waals surface area contributed by atoms with Gasteiger partial charge < -0.3 is 14.8 Å². The Bertz CT molecular complexity index is 1530. The number of likely N-dealkylation sites (tertiary alicyclic amines) is 1. The first-order valence-corrected chi connectivity index (χ1v) is 13.6. The normalized spacial score (nSPS) is 14.7. The number of carbonyl (C=O) groups excluding carboxylic acids is 1. The lowest BCUT2D eigenvalue weighted by Crippen LogP contribution is -2.34. The largest absolute Gasteiger partial charge is 0.326 e. The Morgan fingerprint density at radius 1 is 1.00 bits per heavy atom. The summed E-state index contributed by atoms with van der Waals surface area (Å²) in [6, 6.07) is 14.0. The highest BCUT2D eigenvalue weighted by Gasteiger charge is 2.25. The summed E-state index contributed by atoms with van der Waals surface area (Å²) in [5.74, 6) is -6.26. The number of halogens is 5. The first-order valence-electron chi connectivity index (χ1n) is 12.8. The van der Waals surface area contributed by atoms with Gasteiger partial charge in [-0.25, -0.2) is 22.5 Å². The summed E-state index contributed by atoms with van der Waals surface area (Å²) in [4.78, 5) is 18.2. The number of aromatic nitrogens is 2. The molecule has 1 saturated heterocycles. The van der Waals surface area contributed by atoms with Gasteiger partial charge in [-0.15, -0.1) is 0 Å². The van der Waals surface area contributed by atoms with Crippen molar-refractivity contribution in [3.8, 4) is 11.4 Å². The predicted molar refractivity (Wildman–Crippen MR) is 146 cm³/mol. The zero-order valence-electron chi connectivity index (χ0n) is 21.3. The van der Waals surface area contributed by atoms with Crippen LogP contribution in [-0.4, -0.2) is 40.0 Å². The molecule has 1 aliphatic rings. The van der Waals surface area contributed by atoms with Crippen LogP contribution in [0.4, 0.5) is 23.2 Å². The molecule has 39 heavy (non-hydrogen) atoms. The van der Waals surface area contributed by atoms with Gasteiger partial charge in [0.05, 0.1) is 16.6 Å². The Kier molecular flexibility index (Phi) is 8.04. The van der Waals surface area contributed by atoms with E-state index < -0.39 is 28.8 Å². The quantitative estimate of drug-likeness (QED) is 0.138. The third-order valence-electron chi connectivity index (χ3n) is 7.18. The van der Waals surface area contributed by atoms with Gasteiger partial charge in [-0.3, -0.25) is 4.79 Å². The van der Waals surface area contributed by atoms with Gasteiger partial charge in [0.15, 0.2) is 23.3 Å². The molecule has 1 amide bonds. The van der Waals surface area contributed by atoms with E-state index in [2.05, 4.69) is 37.2 Å². The molecule has 5 rings (SSSR count). The minimum Gasteiger partial charge on any atom is -0.326 e. The topological polar surface area (TPSA) is 50.2 Å². The minimum atomic E-state index is -1.85. The first kappa shape index (κ1) is 27.3. The summed E-state index contributed by atoms with van der Waals surface area (Å²) in [6.45, 7) is 4.51. The van der Waals surface area contributed by atoms with Crippen molar-refractivity contribution in [1.29, 1.82) is 0 Å². The third kappa shape index (κ3) is 5.86. The van der Waals surface area contributed by atoms with Crippen molar-refractivity contribution in [3.05, 3.63) is 81.8 Å². The first-order chi connectivity index (χ1) is 18.7. The molecule has 0 spiro atoms. The molecule has 0 saturated carbocycles. The molecule has 4 aromatic rings. The highest BCUT2D eigenvalue weighted by molar-refractivity contribution is 9.10. The zero-order valence-corrected chi connectivity index (χ0v) is 22.9. The molecule has 0 atom stereocenters. The van der Waals surface area contributed by atoms with Gasteiger partial charge in [-0.1, -0.05) is 28.1 Å².